The zero-order valence-corrected chi connectivity index (χ0v) is 19.8. The molecule has 0 spiro atoms. The van der Waals surface area contributed by atoms with E-state index in [1.165, 1.54) is 0 Å². The van der Waals surface area contributed by atoms with Gasteiger partial charge in [0.25, 0.3) is 0 Å². The molecule has 0 saturated heterocycles. The molecule has 1 heterocycles. The van der Waals surface area contributed by atoms with Crippen molar-refractivity contribution in [1.82, 2.24) is 19.8 Å². The largest absolute Gasteiger partial charge is 0.476 e. The van der Waals surface area contributed by atoms with Crippen LogP contribution in [-0.4, -0.2) is 38.0 Å². The van der Waals surface area contributed by atoms with E-state index in [2.05, 4.69) is 10.4 Å². The molecule has 2 aromatic carbocycles. The predicted octanol–water partition coefficient (Wildman–Crippen LogP) is 4.43. The average molecular weight is 499 g/mol. The lowest BCUT2D eigenvalue weighted by molar-refractivity contribution is -0.158. The predicted molar refractivity (Wildman–Crippen MR) is 118 cm³/mol. The molecule has 0 unspecified atom stereocenters. The van der Waals surface area contributed by atoms with Gasteiger partial charge in [-0.2, -0.15) is 22.5 Å². The molecule has 0 N–H and O–H groups in total. The van der Waals surface area contributed by atoms with Crippen LogP contribution in [0.25, 0.3) is 11.4 Å². The molecule has 0 aliphatic heterocycles. The van der Waals surface area contributed by atoms with Crippen LogP contribution < -0.4 is 10.4 Å². The molecule has 0 aliphatic carbocycles. The van der Waals surface area contributed by atoms with Gasteiger partial charge in [-0.05, 0) is 86.5 Å². The minimum Gasteiger partial charge on any atom is -0.476 e. The van der Waals surface area contributed by atoms with Crippen LogP contribution in [0.3, 0.4) is 0 Å². The Morgan fingerprint density at radius 1 is 1.03 bits per heavy atom. The molecule has 1 aromatic heterocycles. The number of ether oxygens (including phenoxy) is 2. The van der Waals surface area contributed by atoms with E-state index >= 15 is 0 Å². The fourth-order valence-corrected chi connectivity index (χ4v) is 3.53. The smallest absolute Gasteiger partial charge is 0.417 e. The van der Waals surface area contributed by atoms with Crippen LogP contribution in [0.5, 0.6) is 5.75 Å². The molecule has 182 valence electrons. The molecule has 34 heavy (non-hydrogen) atoms. The van der Waals surface area contributed by atoms with Gasteiger partial charge in [0.05, 0.1) is 28.6 Å². The monoisotopic (exact) mass is 498 g/mol. The Morgan fingerprint density at radius 2 is 1.59 bits per heavy atom. The second-order valence-electron chi connectivity index (χ2n) is 7.99. The summed E-state index contributed by atoms with van der Waals surface area (Å²) in [4.78, 5) is 25.1. The SMILES string of the molecule is CCOC(=O)C(C)(C)Oc1c(C)cc(-n2nnn(-c3ccc(C(F)(F)F)c(Cl)c3)c2=O)cc1C. The summed E-state index contributed by atoms with van der Waals surface area (Å²) in [6.07, 6.45) is -4.63. The summed E-state index contributed by atoms with van der Waals surface area (Å²) in [6.45, 7) is 8.55. The van der Waals surface area contributed by atoms with Crippen molar-refractivity contribution in [3.05, 3.63) is 62.5 Å². The second kappa shape index (κ2) is 9.13. The van der Waals surface area contributed by atoms with Gasteiger partial charge in [0.1, 0.15) is 5.75 Å². The van der Waals surface area contributed by atoms with Crippen LogP contribution >= 0.6 is 11.6 Å². The third-order valence-corrected chi connectivity index (χ3v) is 5.21. The standard InChI is InChI=1S/C22H22ClF3N4O4/c1-6-33-19(31)21(4,5)34-18-12(2)9-15(10-13(18)3)30-20(32)29(27-28-30)14-7-8-16(17(23)11-14)22(24,25)26/h7-11H,6H2,1-5H3. The van der Waals surface area contributed by atoms with Gasteiger partial charge >= 0.3 is 17.8 Å². The van der Waals surface area contributed by atoms with Crippen molar-refractivity contribution < 1.29 is 27.4 Å². The maximum Gasteiger partial charge on any atom is 0.417 e. The minimum atomic E-state index is -4.63. The number of aryl methyl sites for hydroxylation is 2. The van der Waals surface area contributed by atoms with Crippen molar-refractivity contribution in [2.45, 2.75) is 46.4 Å². The molecule has 0 atom stereocenters. The maximum absolute atomic E-state index is 13.0. The molecule has 0 radical (unpaired) electrons. The van der Waals surface area contributed by atoms with Crippen LogP contribution in [0.1, 0.15) is 37.5 Å². The quantitative estimate of drug-likeness (QED) is 0.467. The molecule has 0 amide bonds. The summed E-state index contributed by atoms with van der Waals surface area (Å²) in [5.74, 6) is -0.0796. The van der Waals surface area contributed by atoms with E-state index in [0.717, 1.165) is 27.6 Å². The van der Waals surface area contributed by atoms with E-state index < -0.39 is 34.0 Å². The number of nitrogens with zero attached hydrogens (tertiary/aromatic N) is 4. The number of hydrogen-bond donors (Lipinski definition) is 0. The number of benzene rings is 2. The third-order valence-electron chi connectivity index (χ3n) is 4.90. The summed E-state index contributed by atoms with van der Waals surface area (Å²) < 4.78 is 51.7. The molecule has 3 aromatic rings. The van der Waals surface area contributed by atoms with Gasteiger partial charge in [-0.15, -0.1) is 0 Å². The molecule has 0 bridgehead atoms. The van der Waals surface area contributed by atoms with E-state index in [4.69, 9.17) is 21.1 Å². The normalized spacial score (nSPS) is 12.0. The number of halogens is 4. The van der Waals surface area contributed by atoms with Crippen LogP contribution in [-0.2, 0) is 15.7 Å². The Kier molecular flexibility index (Phi) is 6.79. The van der Waals surface area contributed by atoms with Crippen molar-refractivity contribution in [3.8, 4) is 17.1 Å². The molecule has 0 saturated carbocycles. The first kappa shape index (κ1) is 25.3. The zero-order valence-electron chi connectivity index (χ0n) is 19.0. The number of carbonyl (C=O) groups excluding carboxylic acids is 1. The first-order valence-corrected chi connectivity index (χ1v) is 10.5. The van der Waals surface area contributed by atoms with Gasteiger partial charge in [0.2, 0.25) is 0 Å². The first-order valence-electron chi connectivity index (χ1n) is 10.2. The topological polar surface area (TPSA) is 88.2 Å². The highest BCUT2D eigenvalue weighted by Crippen LogP contribution is 2.35. The molecular formula is C22H22ClF3N4O4. The first-order chi connectivity index (χ1) is 15.8. The highest BCUT2D eigenvalue weighted by atomic mass is 35.5. The van der Waals surface area contributed by atoms with Crippen LogP contribution in [0.4, 0.5) is 13.2 Å². The van der Waals surface area contributed by atoms with Gasteiger partial charge in [-0.1, -0.05) is 11.6 Å². The lowest BCUT2D eigenvalue weighted by Crippen LogP contribution is -2.40. The average Bonchev–Trinajstić information content (AvgIpc) is 3.11. The number of alkyl halides is 3. The maximum atomic E-state index is 13.0. The van der Waals surface area contributed by atoms with Gasteiger partial charge in [-0.3, -0.25) is 0 Å². The van der Waals surface area contributed by atoms with Crippen LogP contribution in [0.2, 0.25) is 5.02 Å². The Labute approximate surface area is 197 Å². The lowest BCUT2D eigenvalue weighted by Gasteiger charge is -2.26. The number of tetrazole rings is 1. The summed E-state index contributed by atoms with van der Waals surface area (Å²) >= 11 is 5.76. The fourth-order valence-electron chi connectivity index (χ4n) is 3.25. The Balaban J connectivity index is 1.97. The number of carbonyl (C=O) groups is 1. The third kappa shape index (κ3) is 4.93. The van der Waals surface area contributed by atoms with Gasteiger partial charge in [0, 0.05) is 0 Å². The van der Waals surface area contributed by atoms with Gasteiger partial charge in [-0.25, -0.2) is 9.59 Å². The summed E-state index contributed by atoms with van der Waals surface area (Å²) in [5, 5.41) is 7.04. The van der Waals surface area contributed by atoms with Crippen molar-refractivity contribution in [3.63, 3.8) is 0 Å². The number of esters is 1. The lowest BCUT2D eigenvalue weighted by atomic mass is 10.1. The molecule has 0 fully saturated rings. The summed E-state index contributed by atoms with van der Waals surface area (Å²) in [6, 6.07) is 6.08. The minimum absolute atomic E-state index is 0.0267. The molecular weight excluding hydrogens is 477 g/mol. The Hall–Kier alpha value is -3.34. The van der Waals surface area contributed by atoms with E-state index in [1.807, 2.05) is 0 Å². The highest BCUT2D eigenvalue weighted by molar-refractivity contribution is 6.31. The summed E-state index contributed by atoms with van der Waals surface area (Å²) in [5.41, 5.74) is -1.36. The fraction of sp³-hybridized carbons (Fsp3) is 0.364. The highest BCUT2D eigenvalue weighted by Gasteiger charge is 2.34. The number of rotatable bonds is 6. The second-order valence-corrected chi connectivity index (χ2v) is 8.40. The van der Waals surface area contributed by atoms with Crippen molar-refractivity contribution in [1.29, 1.82) is 0 Å². The van der Waals surface area contributed by atoms with Crippen molar-refractivity contribution in [2.24, 2.45) is 0 Å². The molecule has 3 rings (SSSR count). The van der Waals surface area contributed by atoms with E-state index in [0.29, 0.717) is 22.6 Å². The van der Waals surface area contributed by atoms with E-state index in [1.54, 1.807) is 46.8 Å². The Bertz CT molecular complexity index is 1280. The molecule has 0 aliphatic rings. The number of aromatic nitrogens is 4. The van der Waals surface area contributed by atoms with Gasteiger partial charge < -0.3 is 9.47 Å². The molecule has 8 nitrogen and oxygen atoms in total. The number of hydrogen-bond acceptors (Lipinski definition) is 6. The van der Waals surface area contributed by atoms with Crippen molar-refractivity contribution in [2.75, 3.05) is 6.61 Å². The summed E-state index contributed by atoms with van der Waals surface area (Å²) in [7, 11) is 0. The van der Waals surface area contributed by atoms with E-state index in [9.17, 15) is 22.8 Å². The van der Waals surface area contributed by atoms with Crippen LogP contribution in [0.15, 0.2) is 35.1 Å². The Morgan fingerprint density at radius 3 is 2.09 bits per heavy atom. The molecule has 12 heteroatoms. The van der Waals surface area contributed by atoms with Gasteiger partial charge in [0.15, 0.2) is 5.60 Å². The van der Waals surface area contributed by atoms with E-state index in [-0.39, 0.29) is 12.3 Å². The van der Waals surface area contributed by atoms with Crippen LogP contribution in [0, 0.1) is 13.8 Å². The van der Waals surface area contributed by atoms with Crippen molar-refractivity contribution >= 4 is 17.6 Å². The zero-order chi connectivity index (χ0) is 25.4.